The summed E-state index contributed by atoms with van der Waals surface area (Å²) >= 11 is 0. The third-order valence-corrected chi connectivity index (χ3v) is 7.83. The fraction of sp³-hybridized carbons (Fsp3) is 0.833. The van der Waals surface area contributed by atoms with Crippen LogP contribution in [0.1, 0.15) is 172 Å². The maximum atomic E-state index is 10.2. The SMILES string of the molecule is C=CCOCC(CC)(CO)COCC=C.CC(C)(C)CCCCCC(=O)O.CC(C)(C)CCCCCC(=O)O.CC(C)(C)CCCCCC(=O)O.[Ti]. The Morgan fingerprint density at radius 3 is 0.981 bits per heavy atom. The monoisotopic (exact) mass is 779 g/mol. The van der Waals surface area contributed by atoms with Crippen molar-refractivity contribution in [2.75, 3.05) is 33.0 Å². The zero-order valence-electron chi connectivity index (χ0n) is 35.2. The molecule has 9 nitrogen and oxygen atoms in total. The number of carboxylic acid groups (broad SMARTS) is 3. The van der Waals surface area contributed by atoms with Crippen LogP contribution in [0.5, 0.6) is 0 Å². The minimum atomic E-state index is -0.675. The predicted molar refractivity (Wildman–Crippen MR) is 212 cm³/mol. The molecule has 0 rings (SSSR count). The molecular formula is C42H82O9Ti. The summed E-state index contributed by atoms with van der Waals surface area (Å²) in [5, 5.41) is 34.5. The maximum Gasteiger partial charge on any atom is 0.303 e. The maximum absolute atomic E-state index is 10.2. The summed E-state index contributed by atoms with van der Waals surface area (Å²) in [5.41, 5.74) is 0.877. The molecule has 0 aromatic heterocycles. The van der Waals surface area contributed by atoms with E-state index < -0.39 is 17.9 Å². The van der Waals surface area contributed by atoms with Gasteiger partial charge in [-0.1, -0.05) is 120 Å². The van der Waals surface area contributed by atoms with Crippen LogP contribution in [0.25, 0.3) is 0 Å². The Hall–Kier alpha value is -1.52. The van der Waals surface area contributed by atoms with Gasteiger partial charge in [-0.3, -0.25) is 14.4 Å². The van der Waals surface area contributed by atoms with Crippen LogP contribution in [0.3, 0.4) is 0 Å². The quantitative estimate of drug-likeness (QED) is 0.0403. The third kappa shape index (κ3) is 57.8. The Balaban J connectivity index is -0.000000189. The first-order valence-electron chi connectivity index (χ1n) is 19.1. The van der Waals surface area contributed by atoms with Crippen molar-refractivity contribution in [1.29, 1.82) is 0 Å². The molecule has 0 fully saturated rings. The Morgan fingerprint density at radius 1 is 0.538 bits per heavy atom. The van der Waals surface area contributed by atoms with E-state index >= 15 is 0 Å². The number of hydrogen-bond donors (Lipinski definition) is 4. The molecule has 0 saturated heterocycles. The standard InChI is InChI=1S/C12H22O3.3C10H20O2.Ti/c1-4-7-14-10-12(6-3,9-13)11-15-8-5-2;3*1-10(2,3)8-6-4-5-7-9(11)12;/h4-5,13H,1-2,6-11H2,3H3;3*4-8H2,1-3H3,(H,11,12);. The third-order valence-electron chi connectivity index (χ3n) is 7.83. The van der Waals surface area contributed by atoms with Crippen LogP contribution < -0.4 is 0 Å². The van der Waals surface area contributed by atoms with Crippen molar-refractivity contribution in [2.45, 2.75) is 172 Å². The van der Waals surface area contributed by atoms with Crippen molar-refractivity contribution in [1.82, 2.24) is 0 Å². The van der Waals surface area contributed by atoms with E-state index in [0.717, 1.165) is 64.2 Å². The molecule has 0 unspecified atom stereocenters. The first kappa shape index (κ1) is 59.8. The van der Waals surface area contributed by atoms with Gasteiger partial charge in [0.1, 0.15) is 0 Å². The van der Waals surface area contributed by atoms with Crippen LogP contribution in [0.4, 0.5) is 0 Å². The Morgan fingerprint density at radius 2 is 0.808 bits per heavy atom. The molecule has 4 N–H and O–H groups in total. The van der Waals surface area contributed by atoms with E-state index in [9.17, 15) is 19.5 Å². The molecule has 0 spiro atoms. The van der Waals surface area contributed by atoms with Crippen molar-refractivity contribution in [3.8, 4) is 0 Å². The van der Waals surface area contributed by atoms with Crippen LogP contribution >= 0.6 is 0 Å². The van der Waals surface area contributed by atoms with Gasteiger partial charge in [-0.2, -0.15) is 0 Å². The van der Waals surface area contributed by atoms with Gasteiger partial charge >= 0.3 is 17.9 Å². The van der Waals surface area contributed by atoms with Gasteiger partial charge in [0.15, 0.2) is 0 Å². The second kappa shape index (κ2) is 36.5. The zero-order valence-corrected chi connectivity index (χ0v) is 36.8. The van der Waals surface area contributed by atoms with E-state index in [2.05, 4.69) is 75.5 Å². The summed E-state index contributed by atoms with van der Waals surface area (Å²) in [6.07, 6.45) is 17.8. The molecule has 0 aromatic rings. The number of unbranched alkanes of at least 4 members (excludes halogenated alkanes) is 6. The predicted octanol–water partition coefficient (Wildman–Crippen LogP) is 11.0. The van der Waals surface area contributed by atoms with Gasteiger partial charge in [0.25, 0.3) is 0 Å². The Bertz CT molecular complexity index is 767. The van der Waals surface area contributed by atoms with E-state index in [0.29, 0.717) is 61.9 Å². The molecule has 0 aromatic carbocycles. The van der Waals surface area contributed by atoms with Crippen LogP contribution in [-0.2, 0) is 45.6 Å². The van der Waals surface area contributed by atoms with Gasteiger partial charge in [-0.25, -0.2) is 0 Å². The van der Waals surface area contributed by atoms with Crippen molar-refractivity contribution in [3.63, 3.8) is 0 Å². The summed E-state index contributed by atoms with van der Waals surface area (Å²) in [5.74, 6) is -2.03. The number of aliphatic carboxylic acids is 3. The van der Waals surface area contributed by atoms with E-state index in [4.69, 9.17) is 24.8 Å². The van der Waals surface area contributed by atoms with Gasteiger partial charge in [0, 0.05) is 46.4 Å². The normalized spacial score (nSPS) is 11.3. The number of hydrogen-bond acceptors (Lipinski definition) is 6. The van der Waals surface area contributed by atoms with Crippen LogP contribution in [0.2, 0.25) is 0 Å². The van der Waals surface area contributed by atoms with Gasteiger partial charge in [-0.05, 0) is 61.2 Å². The first-order chi connectivity index (χ1) is 23.5. The number of aliphatic hydroxyl groups excluding tert-OH is 1. The average Bonchev–Trinajstić information content (AvgIpc) is 2.99. The molecule has 0 amide bonds. The molecule has 308 valence electrons. The average molecular weight is 779 g/mol. The van der Waals surface area contributed by atoms with Crippen molar-refractivity contribution in [3.05, 3.63) is 25.3 Å². The van der Waals surface area contributed by atoms with Crippen molar-refractivity contribution < 1.29 is 66.0 Å². The first-order valence-corrected chi connectivity index (χ1v) is 19.1. The summed E-state index contributed by atoms with van der Waals surface area (Å²) in [6, 6.07) is 0. The van der Waals surface area contributed by atoms with Gasteiger partial charge in [0.05, 0.1) is 33.0 Å². The zero-order chi connectivity index (χ0) is 40.4. The summed E-state index contributed by atoms with van der Waals surface area (Å²) in [6.45, 7) is 31.1. The molecule has 0 bridgehead atoms. The number of ether oxygens (including phenoxy) is 2. The summed E-state index contributed by atoms with van der Waals surface area (Å²) < 4.78 is 10.8. The molecule has 10 heteroatoms. The molecule has 0 radical (unpaired) electrons. The largest absolute Gasteiger partial charge is 0.481 e. The minimum absolute atomic E-state index is 0. The summed E-state index contributed by atoms with van der Waals surface area (Å²) in [7, 11) is 0. The molecule has 0 aliphatic carbocycles. The topological polar surface area (TPSA) is 151 Å². The van der Waals surface area contributed by atoms with Crippen molar-refractivity contribution in [2.24, 2.45) is 21.7 Å². The number of carbonyl (C=O) groups is 3. The summed E-state index contributed by atoms with van der Waals surface area (Å²) in [4.78, 5) is 30.5. The number of aliphatic hydroxyl groups is 1. The molecule has 52 heavy (non-hydrogen) atoms. The van der Waals surface area contributed by atoms with E-state index in [1.807, 2.05) is 6.92 Å². The smallest absolute Gasteiger partial charge is 0.303 e. The number of rotatable bonds is 25. The van der Waals surface area contributed by atoms with E-state index in [1.54, 1.807) is 12.2 Å². The second-order valence-electron chi connectivity index (χ2n) is 17.2. The molecule has 0 heterocycles. The molecular weight excluding hydrogens is 696 g/mol. The molecule has 0 atom stereocenters. The van der Waals surface area contributed by atoms with Gasteiger partial charge in [0.2, 0.25) is 0 Å². The molecule has 0 aliphatic rings. The van der Waals surface area contributed by atoms with Crippen molar-refractivity contribution >= 4 is 17.9 Å². The minimum Gasteiger partial charge on any atom is -0.481 e. The van der Waals surface area contributed by atoms with Gasteiger partial charge < -0.3 is 29.9 Å². The second-order valence-corrected chi connectivity index (χ2v) is 17.2. The number of carboxylic acids is 3. The van der Waals surface area contributed by atoms with Crippen LogP contribution in [-0.4, -0.2) is 71.4 Å². The van der Waals surface area contributed by atoms with Gasteiger partial charge in [-0.15, -0.1) is 13.2 Å². The Kier molecular flexibility index (Phi) is 41.9. The fourth-order valence-corrected chi connectivity index (χ4v) is 4.49. The van der Waals surface area contributed by atoms with E-state index in [1.165, 1.54) is 19.3 Å². The molecule has 0 saturated carbocycles. The van der Waals surface area contributed by atoms with E-state index in [-0.39, 0.29) is 33.7 Å². The Labute approximate surface area is 334 Å². The van der Waals surface area contributed by atoms with Crippen LogP contribution in [0, 0.1) is 21.7 Å². The fourth-order valence-electron chi connectivity index (χ4n) is 4.49. The van der Waals surface area contributed by atoms with Crippen LogP contribution in [0.15, 0.2) is 25.3 Å². The molecule has 0 aliphatic heterocycles.